The molecule has 108 valence electrons. The molecule has 1 heterocycles. The average Bonchev–Trinajstić information content (AvgIpc) is 2.36. The zero-order valence-electron chi connectivity index (χ0n) is 12.5. The Morgan fingerprint density at radius 2 is 2.11 bits per heavy atom. The Kier molecular flexibility index (Phi) is 5.74. The number of aliphatic hydroxyl groups is 1. The Hall–Kier alpha value is -0.230. The van der Waals surface area contributed by atoms with E-state index < -0.39 is 5.60 Å². The van der Waals surface area contributed by atoms with E-state index in [1.807, 2.05) is 0 Å². The van der Waals surface area contributed by atoms with Crippen molar-refractivity contribution in [2.24, 2.45) is 10.9 Å². The summed E-state index contributed by atoms with van der Waals surface area (Å²) in [4.78, 5) is 16.6. The molecular formula is C15H24INO2. The van der Waals surface area contributed by atoms with E-state index in [4.69, 9.17) is 4.99 Å². The van der Waals surface area contributed by atoms with E-state index in [9.17, 15) is 9.90 Å². The first-order chi connectivity index (χ1) is 8.62. The lowest BCUT2D eigenvalue weighted by Gasteiger charge is -2.18. The van der Waals surface area contributed by atoms with E-state index in [1.54, 1.807) is 13.8 Å². The van der Waals surface area contributed by atoms with E-state index in [0.717, 1.165) is 16.6 Å². The number of halogens is 1. The van der Waals surface area contributed by atoms with Crippen molar-refractivity contribution in [1.82, 2.24) is 0 Å². The number of carbonyl (C=O) groups is 1. The molecule has 4 heteroatoms. The maximum absolute atomic E-state index is 11.9. The maximum atomic E-state index is 11.9. The summed E-state index contributed by atoms with van der Waals surface area (Å²) < 4.78 is 1.02. The first-order valence-corrected chi connectivity index (χ1v) is 7.89. The highest BCUT2D eigenvalue weighted by molar-refractivity contribution is 14.1. The van der Waals surface area contributed by atoms with Crippen LogP contribution in [0, 0.1) is 5.92 Å². The third-order valence-corrected chi connectivity index (χ3v) is 4.37. The van der Waals surface area contributed by atoms with Crippen molar-refractivity contribution in [2.45, 2.75) is 65.5 Å². The summed E-state index contributed by atoms with van der Waals surface area (Å²) in [5, 5.41) is 9.73. The highest BCUT2D eigenvalue weighted by atomic mass is 127. The average molecular weight is 377 g/mol. The second-order valence-corrected chi connectivity index (χ2v) is 7.17. The van der Waals surface area contributed by atoms with Gasteiger partial charge < -0.3 is 5.11 Å². The summed E-state index contributed by atoms with van der Waals surface area (Å²) in [6.07, 6.45) is 2.19. The lowest BCUT2D eigenvalue weighted by molar-refractivity contribution is -0.134. The van der Waals surface area contributed by atoms with Gasteiger partial charge in [0.1, 0.15) is 5.60 Å². The number of allylic oxidation sites excluding steroid dienone is 2. The van der Waals surface area contributed by atoms with Gasteiger partial charge in [-0.25, -0.2) is 0 Å². The fraction of sp³-hybridized carbons (Fsp3) is 0.733. The standard InChI is InChI=1S/C15H24INO2/c1-9(2)13-10(3)6-7-11(17-14(13)16)8-12(18)15(4,5)19/h9,11,19H,6-8H2,1-5H3. The van der Waals surface area contributed by atoms with Crippen molar-refractivity contribution in [3.05, 3.63) is 11.1 Å². The second kappa shape index (κ2) is 6.48. The van der Waals surface area contributed by atoms with Gasteiger partial charge in [0.2, 0.25) is 0 Å². The second-order valence-electron chi connectivity index (χ2n) is 6.15. The summed E-state index contributed by atoms with van der Waals surface area (Å²) in [5.74, 6) is 0.329. The molecule has 0 radical (unpaired) electrons. The van der Waals surface area contributed by atoms with Crippen LogP contribution in [0.5, 0.6) is 0 Å². The van der Waals surface area contributed by atoms with Crippen molar-refractivity contribution >= 4 is 32.1 Å². The predicted molar refractivity (Wildman–Crippen MR) is 87.9 cm³/mol. The minimum atomic E-state index is -1.25. The fourth-order valence-electron chi connectivity index (χ4n) is 2.33. The Morgan fingerprint density at radius 1 is 1.53 bits per heavy atom. The Labute approximate surface area is 129 Å². The van der Waals surface area contributed by atoms with Crippen LogP contribution in [-0.4, -0.2) is 26.3 Å². The fourth-order valence-corrected chi connectivity index (χ4v) is 3.81. The molecule has 0 bridgehead atoms. The minimum Gasteiger partial charge on any atom is -0.383 e. The molecule has 1 aliphatic heterocycles. The first-order valence-electron chi connectivity index (χ1n) is 6.82. The van der Waals surface area contributed by atoms with Crippen LogP contribution in [0.4, 0.5) is 0 Å². The van der Waals surface area contributed by atoms with Gasteiger partial charge in [-0.15, -0.1) is 0 Å². The topological polar surface area (TPSA) is 49.7 Å². The predicted octanol–water partition coefficient (Wildman–Crippen LogP) is 3.68. The van der Waals surface area contributed by atoms with Crippen LogP contribution < -0.4 is 0 Å². The molecular weight excluding hydrogens is 353 g/mol. The zero-order valence-corrected chi connectivity index (χ0v) is 14.6. The molecule has 1 rings (SSSR count). The third-order valence-electron chi connectivity index (χ3n) is 3.51. The molecule has 0 amide bonds. The quantitative estimate of drug-likeness (QED) is 0.760. The summed E-state index contributed by atoms with van der Waals surface area (Å²) in [6.45, 7) is 9.60. The van der Waals surface area contributed by atoms with Crippen LogP contribution in [0.2, 0.25) is 0 Å². The van der Waals surface area contributed by atoms with Crippen LogP contribution in [-0.2, 0) is 4.79 Å². The summed E-state index contributed by atoms with van der Waals surface area (Å²) in [7, 11) is 0. The van der Waals surface area contributed by atoms with E-state index in [2.05, 4.69) is 43.4 Å². The molecule has 1 unspecified atom stereocenters. The molecule has 19 heavy (non-hydrogen) atoms. The lowest BCUT2D eigenvalue weighted by atomic mass is 9.93. The van der Waals surface area contributed by atoms with E-state index >= 15 is 0 Å². The van der Waals surface area contributed by atoms with E-state index in [1.165, 1.54) is 11.1 Å². The number of aliphatic imine (C=N–C) groups is 1. The van der Waals surface area contributed by atoms with Gasteiger partial charge in [0.15, 0.2) is 5.78 Å². The lowest BCUT2D eigenvalue weighted by Crippen LogP contribution is -2.33. The van der Waals surface area contributed by atoms with Gasteiger partial charge in [0.25, 0.3) is 0 Å². The van der Waals surface area contributed by atoms with Crippen molar-refractivity contribution in [1.29, 1.82) is 0 Å². The van der Waals surface area contributed by atoms with Gasteiger partial charge in [-0.3, -0.25) is 9.79 Å². The van der Waals surface area contributed by atoms with E-state index in [0.29, 0.717) is 12.3 Å². The number of rotatable bonds is 4. The van der Waals surface area contributed by atoms with Gasteiger partial charge in [-0.2, -0.15) is 0 Å². The van der Waals surface area contributed by atoms with Crippen LogP contribution in [0.25, 0.3) is 0 Å². The Balaban J connectivity index is 2.87. The molecule has 0 aromatic rings. The van der Waals surface area contributed by atoms with Gasteiger partial charge in [-0.1, -0.05) is 19.4 Å². The number of Topliss-reactive ketones (excluding diaryl/α,β-unsaturated/α-hetero) is 1. The van der Waals surface area contributed by atoms with Crippen molar-refractivity contribution in [2.75, 3.05) is 0 Å². The molecule has 0 fully saturated rings. The number of ketones is 1. The van der Waals surface area contributed by atoms with E-state index in [-0.39, 0.29) is 11.8 Å². The van der Waals surface area contributed by atoms with Crippen molar-refractivity contribution < 1.29 is 9.90 Å². The van der Waals surface area contributed by atoms with Crippen LogP contribution >= 0.6 is 22.6 Å². The molecule has 1 atom stereocenters. The van der Waals surface area contributed by atoms with Gasteiger partial charge in [0.05, 0.1) is 9.76 Å². The molecule has 3 nitrogen and oxygen atoms in total. The van der Waals surface area contributed by atoms with Crippen LogP contribution in [0.15, 0.2) is 16.1 Å². The first kappa shape index (κ1) is 16.8. The summed E-state index contributed by atoms with van der Waals surface area (Å²) in [6, 6.07) is -0.00275. The molecule has 1 N–H and O–H groups in total. The smallest absolute Gasteiger partial charge is 0.165 e. The molecule has 0 aliphatic carbocycles. The number of hydrogen-bond donors (Lipinski definition) is 1. The maximum Gasteiger partial charge on any atom is 0.165 e. The van der Waals surface area contributed by atoms with Gasteiger partial charge in [0, 0.05) is 6.42 Å². The van der Waals surface area contributed by atoms with Crippen LogP contribution in [0.1, 0.15) is 53.9 Å². The molecule has 0 spiro atoms. The molecule has 0 aromatic heterocycles. The minimum absolute atomic E-state index is 0.00275. The normalized spacial score (nSPS) is 21.5. The Morgan fingerprint density at radius 3 is 2.58 bits per heavy atom. The molecule has 0 saturated heterocycles. The van der Waals surface area contributed by atoms with Gasteiger partial charge in [-0.05, 0) is 67.7 Å². The number of carbonyl (C=O) groups excluding carboxylic acids is 1. The monoisotopic (exact) mass is 377 g/mol. The SMILES string of the molecule is CC1=C(C(C)C)C(I)=NC(CC(=O)C(C)(C)O)CC1. The summed E-state index contributed by atoms with van der Waals surface area (Å²) in [5.41, 5.74) is 1.44. The largest absolute Gasteiger partial charge is 0.383 e. The van der Waals surface area contributed by atoms with Gasteiger partial charge >= 0.3 is 0 Å². The number of nitrogens with zero attached hydrogens (tertiary/aromatic N) is 1. The molecule has 1 aliphatic rings. The molecule has 0 saturated carbocycles. The Bertz CT molecular complexity index is 416. The summed E-state index contributed by atoms with van der Waals surface area (Å²) >= 11 is 2.28. The molecule has 0 aromatic carbocycles. The zero-order chi connectivity index (χ0) is 14.8. The van der Waals surface area contributed by atoms with Crippen molar-refractivity contribution in [3.8, 4) is 0 Å². The highest BCUT2D eigenvalue weighted by Gasteiger charge is 2.28. The third kappa shape index (κ3) is 4.67. The van der Waals surface area contributed by atoms with Crippen molar-refractivity contribution in [3.63, 3.8) is 0 Å². The van der Waals surface area contributed by atoms with Crippen LogP contribution in [0.3, 0.4) is 0 Å². The highest BCUT2D eigenvalue weighted by Crippen LogP contribution is 2.29. The number of hydrogen-bond acceptors (Lipinski definition) is 3.